The van der Waals surface area contributed by atoms with Crippen molar-refractivity contribution in [3.63, 3.8) is 0 Å². The van der Waals surface area contributed by atoms with E-state index in [-0.39, 0.29) is 46.9 Å². The average Bonchev–Trinajstić information content (AvgIpc) is 3.62. The third-order valence-corrected chi connectivity index (χ3v) is 12.7. The average molecular weight is 715 g/mol. The van der Waals surface area contributed by atoms with Crippen molar-refractivity contribution in [2.45, 2.75) is 60.1 Å². The normalized spacial score (nSPS) is 27.4. The van der Waals surface area contributed by atoms with Gasteiger partial charge < -0.3 is 19.8 Å². The number of halogens is 2. The number of hydrogen-bond donors (Lipinski definition) is 1. The smallest absolute Gasteiger partial charge is 0.251 e. The Bertz CT molecular complexity index is 1440. The van der Waals surface area contributed by atoms with Gasteiger partial charge >= 0.3 is 0 Å². The minimum absolute atomic E-state index is 0.0797. The molecule has 3 unspecified atom stereocenters. The molecule has 7 atom stereocenters. The summed E-state index contributed by atoms with van der Waals surface area (Å²) >= 11 is 12.1. The topological polar surface area (TPSA) is 81.2 Å². The van der Waals surface area contributed by atoms with Crippen LogP contribution in [0.1, 0.15) is 32.3 Å². The molecule has 2 aromatic rings. The molecule has 3 heterocycles. The second-order valence-electron chi connectivity index (χ2n) is 12.6. The van der Waals surface area contributed by atoms with Gasteiger partial charge in [0.2, 0.25) is 11.8 Å². The molecule has 2 aromatic carbocycles. The molecular formula is C35H41BrClN3O4S. The maximum absolute atomic E-state index is 14.9. The summed E-state index contributed by atoms with van der Waals surface area (Å²) in [5, 5.41) is 10.9. The van der Waals surface area contributed by atoms with E-state index >= 15 is 0 Å². The number of carbonyl (C=O) groups excluding carboxylic acids is 3. The van der Waals surface area contributed by atoms with Gasteiger partial charge in [-0.15, -0.1) is 24.9 Å². The number of hydrogen-bond acceptors (Lipinski definition) is 5. The number of carbonyl (C=O) groups is 3. The number of para-hydroxylation sites is 1. The van der Waals surface area contributed by atoms with Crippen LogP contribution in [0.15, 0.2) is 79.9 Å². The molecular weight excluding hydrogens is 674 g/mol. The molecule has 3 fully saturated rings. The lowest BCUT2D eigenvalue weighted by Gasteiger charge is -2.40. The molecule has 10 heteroatoms. The summed E-state index contributed by atoms with van der Waals surface area (Å²) in [6.45, 7) is 12.5. The van der Waals surface area contributed by atoms with Gasteiger partial charge in [0.15, 0.2) is 0 Å². The fourth-order valence-electron chi connectivity index (χ4n) is 7.50. The zero-order chi connectivity index (χ0) is 32.5. The number of aliphatic hydroxyl groups is 1. The third-order valence-electron chi connectivity index (χ3n) is 9.19. The van der Waals surface area contributed by atoms with Crippen molar-refractivity contribution < 1.29 is 19.5 Å². The van der Waals surface area contributed by atoms with Crippen LogP contribution in [0.5, 0.6) is 0 Å². The van der Waals surface area contributed by atoms with E-state index in [1.165, 1.54) is 0 Å². The number of amides is 3. The van der Waals surface area contributed by atoms with E-state index in [1.54, 1.807) is 56.8 Å². The molecule has 0 aliphatic carbocycles. The fraction of sp³-hybridized carbons (Fsp3) is 0.457. The Balaban J connectivity index is 1.61. The van der Waals surface area contributed by atoms with Crippen LogP contribution in [0.25, 0.3) is 0 Å². The Labute approximate surface area is 283 Å². The van der Waals surface area contributed by atoms with E-state index in [1.807, 2.05) is 50.2 Å². The summed E-state index contributed by atoms with van der Waals surface area (Å²) in [6.07, 6.45) is 4.41. The zero-order valence-electron chi connectivity index (χ0n) is 25.7. The van der Waals surface area contributed by atoms with Crippen molar-refractivity contribution in [1.82, 2.24) is 9.80 Å². The van der Waals surface area contributed by atoms with Gasteiger partial charge in [0.05, 0.1) is 39.9 Å². The van der Waals surface area contributed by atoms with Gasteiger partial charge in [-0.25, -0.2) is 0 Å². The van der Waals surface area contributed by atoms with Gasteiger partial charge in [0.1, 0.15) is 6.04 Å². The summed E-state index contributed by atoms with van der Waals surface area (Å²) in [7, 11) is 0. The van der Waals surface area contributed by atoms with Crippen molar-refractivity contribution in [1.29, 1.82) is 0 Å². The Morgan fingerprint density at radius 1 is 1.11 bits per heavy atom. The maximum atomic E-state index is 14.9. The fourth-order valence-corrected chi connectivity index (χ4v) is 11.3. The molecule has 3 amide bonds. The van der Waals surface area contributed by atoms with Gasteiger partial charge in [-0.05, 0) is 36.5 Å². The Morgan fingerprint density at radius 2 is 1.78 bits per heavy atom. The van der Waals surface area contributed by atoms with Gasteiger partial charge in [-0.3, -0.25) is 14.4 Å². The molecule has 3 aliphatic rings. The van der Waals surface area contributed by atoms with Gasteiger partial charge in [0, 0.05) is 29.7 Å². The number of thioether (sulfide) groups is 1. The summed E-state index contributed by atoms with van der Waals surface area (Å²) in [5.74, 6) is -1.84. The minimum atomic E-state index is -0.906. The molecule has 0 radical (unpaired) electrons. The lowest BCUT2D eigenvalue weighted by Crippen LogP contribution is -2.58. The van der Waals surface area contributed by atoms with Crippen molar-refractivity contribution in [3.8, 4) is 0 Å². The Hall–Kier alpha value is -2.59. The summed E-state index contributed by atoms with van der Waals surface area (Å²) < 4.78 is -0.870. The summed E-state index contributed by atoms with van der Waals surface area (Å²) in [4.78, 5) is 49.2. The van der Waals surface area contributed by atoms with E-state index < -0.39 is 28.7 Å². The van der Waals surface area contributed by atoms with E-state index in [0.717, 1.165) is 5.56 Å². The van der Waals surface area contributed by atoms with Crippen LogP contribution in [-0.2, 0) is 20.9 Å². The molecule has 2 bridgehead atoms. The first-order valence-corrected chi connectivity index (χ1v) is 17.6. The number of likely N-dealkylation sites (tertiary alicyclic amines) is 1. The van der Waals surface area contributed by atoms with Crippen molar-refractivity contribution >= 4 is 62.7 Å². The van der Waals surface area contributed by atoms with Crippen LogP contribution in [0.3, 0.4) is 0 Å². The van der Waals surface area contributed by atoms with Crippen LogP contribution in [0.4, 0.5) is 5.69 Å². The summed E-state index contributed by atoms with van der Waals surface area (Å²) in [6, 6.07) is 15.4. The van der Waals surface area contributed by atoms with Crippen LogP contribution in [0.2, 0.25) is 5.02 Å². The first-order chi connectivity index (χ1) is 21.6. The monoisotopic (exact) mass is 713 g/mol. The first kappa shape index (κ1) is 33.8. The second-order valence-corrected chi connectivity index (χ2v) is 15.7. The third kappa shape index (κ3) is 6.13. The van der Waals surface area contributed by atoms with Crippen LogP contribution in [-0.4, -0.2) is 79.2 Å². The highest BCUT2D eigenvalue weighted by Crippen LogP contribution is 2.68. The minimum Gasteiger partial charge on any atom is -0.394 e. The molecule has 0 aromatic heterocycles. The second kappa shape index (κ2) is 14.0. The number of benzene rings is 2. The van der Waals surface area contributed by atoms with Gasteiger partial charge in [-0.1, -0.05) is 96.0 Å². The number of rotatable bonds is 13. The van der Waals surface area contributed by atoms with Gasteiger partial charge in [-0.2, -0.15) is 0 Å². The predicted molar refractivity (Wildman–Crippen MR) is 185 cm³/mol. The lowest BCUT2D eigenvalue weighted by atomic mass is 9.70. The van der Waals surface area contributed by atoms with E-state index in [0.29, 0.717) is 36.6 Å². The van der Waals surface area contributed by atoms with Crippen LogP contribution in [0, 0.1) is 17.8 Å². The molecule has 0 saturated carbocycles. The molecule has 1 spiro atoms. The van der Waals surface area contributed by atoms with Gasteiger partial charge in [0.25, 0.3) is 5.91 Å². The predicted octanol–water partition coefficient (Wildman–Crippen LogP) is 5.95. The molecule has 240 valence electrons. The summed E-state index contributed by atoms with van der Waals surface area (Å²) in [5.41, 5.74) is 1.51. The van der Waals surface area contributed by atoms with Crippen LogP contribution < -0.4 is 4.90 Å². The van der Waals surface area contributed by atoms with Crippen molar-refractivity contribution in [3.05, 3.63) is 90.5 Å². The molecule has 3 aliphatic heterocycles. The highest BCUT2D eigenvalue weighted by atomic mass is 79.9. The highest BCUT2D eigenvalue weighted by molar-refractivity contribution is 9.09. The SMILES string of the molecule is C=CCN(Cc1ccccc1)C(=O)[C@H]1[C@H]2C(=O)N([C@@H](CO)CC(C)C)C(C(=O)N(CC=C)c3ccccc3Cl)C23CC(Br)[C@@H]1S3. The van der Waals surface area contributed by atoms with E-state index in [9.17, 15) is 19.5 Å². The Morgan fingerprint density at radius 3 is 2.40 bits per heavy atom. The lowest BCUT2D eigenvalue weighted by molar-refractivity contribution is -0.145. The Kier molecular flexibility index (Phi) is 10.5. The van der Waals surface area contributed by atoms with E-state index in [4.69, 9.17) is 11.6 Å². The van der Waals surface area contributed by atoms with E-state index in [2.05, 4.69) is 29.1 Å². The van der Waals surface area contributed by atoms with Crippen LogP contribution >= 0.6 is 39.3 Å². The quantitative estimate of drug-likeness (QED) is 0.205. The molecule has 3 saturated heterocycles. The number of nitrogens with zero attached hydrogens (tertiary/aromatic N) is 3. The van der Waals surface area contributed by atoms with Crippen molar-refractivity contribution in [2.75, 3.05) is 24.6 Å². The number of anilines is 1. The largest absolute Gasteiger partial charge is 0.394 e. The maximum Gasteiger partial charge on any atom is 0.251 e. The molecule has 45 heavy (non-hydrogen) atoms. The standard InChI is InChI=1S/C35H41BrClN3O4S/c1-5-16-38(20-23-12-8-7-9-13-23)32(42)28-29-33(43)40(24(21-41)18-22(3)4)31(35(29)19-25(36)30(28)45-35)34(44)39(17-6-2)27-15-11-10-14-26(27)37/h5-15,22,24-25,28-31,41H,1-2,16-21H2,3-4H3/t24-,25?,28+,29+,30+,31?,35?/m1/s1. The molecule has 5 rings (SSSR count). The highest BCUT2D eigenvalue weighted by Gasteiger charge is 2.76. The van der Waals surface area contributed by atoms with Crippen molar-refractivity contribution in [2.24, 2.45) is 17.8 Å². The first-order valence-electron chi connectivity index (χ1n) is 15.4. The number of fused-ring (bicyclic) bond motifs is 1. The number of aliphatic hydroxyl groups excluding tert-OH is 1. The number of alkyl halides is 1. The molecule has 7 nitrogen and oxygen atoms in total. The molecule has 1 N–H and O–H groups in total. The zero-order valence-corrected chi connectivity index (χ0v) is 28.9.